The van der Waals surface area contributed by atoms with Crippen LogP contribution in [0.25, 0.3) is 0 Å². The molecular weight excluding hydrogens is 216 g/mol. The van der Waals surface area contributed by atoms with E-state index in [1.807, 2.05) is 17.8 Å². The Labute approximate surface area is 94.8 Å². The maximum atomic E-state index is 5.62. The number of thioether (sulfide) groups is 1. The van der Waals surface area contributed by atoms with E-state index in [2.05, 4.69) is 19.1 Å². The lowest BCUT2D eigenvalue weighted by Crippen LogP contribution is -1.92. The normalized spacial score (nSPS) is 10.2. The maximum absolute atomic E-state index is 5.62. The van der Waals surface area contributed by atoms with Gasteiger partial charge in [-0.2, -0.15) is 11.8 Å². The van der Waals surface area contributed by atoms with E-state index in [1.165, 1.54) is 11.1 Å². The number of methoxy groups -OCH3 is 1. The molecule has 0 radical (unpaired) electrons. The van der Waals surface area contributed by atoms with Gasteiger partial charge in [-0.25, -0.2) is 0 Å². The molecule has 0 unspecified atom stereocenters. The van der Waals surface area contributed by atoms with Crippen LogP contribution in [0.2, 0.25) is 0 Å². The Kier molecular flexibility index (Phi) is 5.20. The van der Waals surface area contributed by atoms with Crippen LogP contribution in [-0.2, 0) is 5.75 Å². The van der Waals surface area contributed by atoms with Gasteiger partial charge in [0.05, 0.1) is 7.11 Å². The quantitative estimate of drug-likeness (QED) is 0.566. The average Bonchev–Trinajstić information content (AvgIpc) is 2.19. The zero-order valence-corrected chi connectivity index (χ0v) is 10.1. The third-order valence-corrected chi connectivity index (χ3v) is 3.34. The van der Waals surface area contributed by atoms with Crippen molar-refractivity contribution in [2.45, 2.75) is 12.7 Å². The minimum atomic E-state index is 0.707. The highest BCUT2D eigenvalue weighted by molar-refractivity contribution is 7.98. The van der Waals surface area contributed by atoms with Gasteiger partial charge in [-0.1, -0.05) is 17.7 Å². The summed E-state index contributed by atoms with van der Waals surface area (Å²) in [5.41, 5.74) is 2.52. The topological polar surface area (TPSA) is 9.23 Å². The molecule has 14 heavy (non-hydrogen) atoms. The maximum Gasteiger partial charge on any atom is 0.122 e. The molecule has 0 aromatic heterocycles. The molecule has 0 aliphatic rings. The molecule has 0 aliphatic heterocycles. The Hall–Kier alpha value is -0.340. The lowest BCUT2D eigenvalue weighted by molar-refractivity contribution is 0.411. The molecule has 0 spiro atoms. The first-order valence-electron chi connectivity index (χ1n) is 4.55. The van der Waals surface area contributed by atoms with Crippen molar-refractivity contribution in [3.8, 4) is 5.75 Å². The summed E-state index contributed by atoms with van der Waals surface area (Å²) in [4.78, 5) is 0. The van der Waals surface area contributed by atoms with E-state index in [1.54, 1.807) is 7.11 Å². The summed E-state index contributed by atoms with van der Waals surface area (Å²) in [6.07, 6.45) is 0. The molecule has 0 aliphatic carbocycles. The van der Waals surface area contributed by atoms with E-state index in [0.29, 0.717) is 5.88 Å². The Bertz CT molecular complexity index is 289. The van der Waals surface area contributed by atoms with Gasteiger partial charge >= 0.3 is 0 Å². The smallest absolute Gasteiger partial charge is 0.122 e. The first-order chi connectivity index (χ1) is 6.77. The van der Waals surface area contributed by atoms with Crippen LogP contribution in [0.3, 0.4) is 0 Å². The van der Waals surface area contributed by atoms with Crippen molar-refractivity contribution in [1.82, 2.24) is 0 Å². The molecule has 1 rings (SSSR count). The molecule has 0 saturated carbocycles. The molecule has 1 aromatic carbocycles. The van der Waals surface area contributed by atoms with Gasteiger partial charge in [0.25, 0.3) is 0 Å². The van der Waals surface area contributed by atoms with E-state index < -0.39 is 0 Å². The van der Waals surface area contributed by atoms with E-state index in [-0.39, 0.29) is 0 Å². The minimum Gasteiger partial charge on any atom is -0.496 e. The summed E-state index contributed by atoms with van der Waals surface area (Å²) in [5, 5.41) is 0. The number of rotatable bonds is 5. The molecule has 1 aromatic rings. The molecule has 0 fully saturated rings. The first-order valence-corrected chi connectivity index (χ1v) is 6.24. The lowest BCUT2D eigenvalue weighted by atomic mass is 10.1. The van der Waals surface area contributed by atoms with E-state index in [9.17, 15) is 0 Å². The molecule has 0 amide bonds. The molecular formula is C11H15ClOS. The van der Waals surface area contributed by atoms with Crippen molar-refractivity contribution in [2.24, 2.45) is 0 Å². The summed E-state index contributed by atoms with van der Waals surface area (Å²) in [6, 6.07) is 6.25. The number of hydrogen-bond donors (Lipinski definition) is 0. The molecule has 0 atom stereocenters. The minimum absolute atomic E-state index is 0.707. The first kappa shape index (κ1) is 11.7. The Morgan fingerprint density at radius 1 is 1.43 bits per heavy atom. The van der Waals surface area contributed by atoms with Crippen LogP contribution in [0.5, 0.6) is 5.75 Å². The van der Waals surface area contributed by atoms with Gasteiger partial charge in [-0.05, 0) is 13.0 Å². The second kappa shape index (κ2) is 6.20. The van der Waals surface area contributed by atoms with Gasteiger partial charge in [-0.3, -0.25) is 0 Å². The summed E-state index contributed by atoms with van der Waals surface area (Å²) >= 11 is 7.45. The van der Waals surface area contributed by atoms with Crippen LogP contribution in [0.15, 0.2) is 18.2 Å². The molecule has 0 saturated heterocycles. The van der Waals surface area contributed by atoms with E-state index in [4.69, 9.17) is 16.3 Å². The summed E-state index contributed by atoms with van der Waals surface area (Å²) in [5.74, 6) is 3.63. The summed E-state index contributed by atoms with van der Waals surface area (Å²) < 4.78 is 5.28. The molecule has 3 heteroatoms. The molecule has 0 N–H and O–H groups in total. The highest BCUT2D eigenvalue weighted by Gasteiger charge is 2.02. The monoisotopic (exact) mass is 230 g/mol. The molecule has 78 valence electrons. The number of benzene rings is 1. The number of halogens is 1. The SMILES string of the molecule is COc1ccc(C)cc1CSCCCl. The van der Waals surface area contributed by atoms with Crippen LogP contribution in [0, 0.1) is 6.92 Å². The fourth-order valence-electron chi connectivity index (χ4n) is 1.26. The standard InChI is InChI=1S/C11H15ClOS/c1-9-3-4-11(13-2)10(7-9)8-14-6-5-12/h3-4,7H,5-6,8H2,1-2H3. The van der Waals surface area contributed by atoms with Crippen molar-refractivity contribution in [3.63, 3.8) is 0 Å². The molecule has 0 heterocycles. The number of ether oxygens (including phenoxy) is 1. The van der Waals surface area contributed by atoms with Gasteiger partial charge in [0.1, 0.15) is 5.75 Å². The highest BCUT2D eigenvalue weighted by atomic mass is 35.5. The van der Waals surface area contributed by atoms with Crippen molar-refractivity contribution in [1.29, 1.82) is 0 Å². The van der Waals surface area contributed by atoms with Gasteiger partial charge in [0.2, 0.25) is 0 Å². The fourth-order valence-corrected chi connectivity index (χ4v) is 2.28. The van der Waals surface area contributed by atoms with Gasteiger partial charge < -0.3 is 4.74 Å². The molecule has 1 nitrogen and oxygen atoms in total. The van der Waals surface area contributed by atoms with Crippen molar-refractivity contribution >= 4 is 23.4 Å². The van der Waals surface area contributed by atoms with E-state index in [0.717, 1.165) is 17.3 Å². The van der Waals surface area contributed by atoms with Crippen molar-refractivity contribution < 1.29 is 4.74 Å². The molecule has 0 bridgehead atoms. The number of hydrogen-bond acceptors (Lipinski definition) is 2. The van der Waals surface area contributed by atoms with Crippen molar-refractivity contribution in [2.75, 3.05) is 18.7 Å². The van der Waals surface area contributed by atoms with Crippen molar-refractivity contribution in [3.05, 3.63) is 29.3 Å². The Morgan fingerprint density at radius 3 is 2.86 bits per heavy atom. The third-order valence-electron chi connectivity index (χ3n) is 1.91. The van der Waals surface area contributed by atoms with E-state index >= 15 is 0 Å². The third kappa shape index (κ3) is 3.43. The second-order valence-electron chi connectivity index (χ2n) is 3.06. The summed E-state index contributed by atoms with van der Waals surface area (Å²) in [6.45, 7) is 2.09. The van der Waals surface area contributed by atoms with Gasteiger partial charge in [-0.15, -0.1) is 11.6 Å². The zero-order valence-electron chi connectivity index (χ0n) is 8.55. The van der Waals surface area contributed by atoms with Gasteiger partial charge in [0.15, 0.2) is 0 Å². The number of alkyl halides is 1. The van der Waals surface area contributed by atoms with Crippen LogP contribution >= 0.6 is 23.4 Å². The number of aryl methyl sites for hydroxylation is 1. The predicted molar refractivity (Wildman–Crippen MR) is 64.6 cm³/mol. The second-order valence-corrected chi connectivity index (χ2v) is 4.54. The largest absolute Gasteiger partial charge is 0.496 e. The lowest BCUT2D eigenvalue weighted by Gasteiger charge is -2.08. The predicted octanol–water partition coefficient (Wildman–Crippen LogP) is 3.48. The van der Waals surface area contributed by atoms with Crippen LogP contribution < -0.4 is 4.74 Å². The van der Waals surface area contributed by atoms with Crippen LogP contribution in [0.1, 0.15) is 11.1 Å². The Balaban J connectivity index is 2.67. The fraction of sp³-hybridized carbons (Fsp3) is 0.455. The zero-order chi connectivity index (χ0) is 10.4. The summed E-state index contributed by atoms with van der Waals surface area (Å²) in [7, 11) is 1.71. The van der Waals surface area contributed by atoms with Crippen LogP contribution in [0.4, 0.5) is 0 Å². The highest BCUT2D eigenvalue weighted by Crippen LogP contribution is 2.24. The Morgan fingerprint density at radius 2 is 2.21 bits per heavy atom. The average molecular weight is 231 g/mol. The van der Waals surface area contributed by atoms with Crippen LogP contribution in [-0.4, -0.2) is 18.7 Å². The van der Waals surface area contributed by atoms with Gasteiger partial charge in [0, 0.05) is 22.9 Å².